The SMILES string of the molecule is CN=C(NCCCSc1nccs1)NCCCN1CCCCC1C. The summed E-state index contributed by atoms with van der Waals surface area (Å²) in [6.45, 7) is 6.75. The number of nitrogens with one attached hydrogen (secondary N) is 2. The molecule has 5 nitrogen and oxygen atoms in total. The van der Waals surface area contributed by atoms with E-state index in [1.165, 1.54) is 38.8 Å². The number of likely N-dealkylation sites (tertiary alicyclic amines) is 1. The average Bonchev–Trinajstić information content (AvgIpc) is 3.11. The van der Waals surface area contributed by atoms with Crippen LogP contribution in [-0.4, -0.2) is 60.9 Å². The van der Waals surface area contributed by atoms with Crippen LogP contribution in [0.3, 0.4) is 0 Å². The molecule has 136 valence electrons. The Balaban J connectivity index is 1.49. The van der Waals surface area contributed by atoms with Gasteiger partial charge >= 0.3 is 0 Å². The van der Waals surface area contributed by atoms with Crippen molar-refractivity contribution in [3.63, 3.8) is 0 Å². The van der Waals surface area contributed by atoms with E-state index in [1.807, 2.05) is 30.4 Å². The molecule has 1 saturated heterocycles. The van der Waals surface area contributed by atoms with Gasteiger partial charge in [-0.25, -0.2) is 4.98 Å². The van der Waals surface area contributed by atoms with Gasteiger partial charge in [-0.15, -0.1) is 11.3 Å². The van der Waals surface area contributed by atoms with Crippen LogP contribution >= 0.6 is 23.1 Å². The number of rotatable bonds is 9. The molecule has 0 aliphatic carbocycles. The van der Waals surface area contributed by atoms with Crippen LogP contribution in [0, 0.1) is 0 Å². The summed E-state index contributed by atoms with van der Waals surface area (Å²) < 4.78 is 1.16. The Morgan fingerprint density at radius 3 is 2.92 bits per heavy atom. The largest absolute Gasteiger partial charge is 0.356 e. The molecule has 1 unspecified atom stereocenters. The first-order chi connectivity index (χ1) is 11.8. The van der Waals surface area contributed by atoms with E-state index < -0.39 is 0 Å². The van der Waals surface area contributed by atoms with Gasteiger partial charge in [0.2, 0.25) is 0 Å². The zero-order chi connectivity index (χ0) is 17.0. The molecule has 24 heavy (non-hydrogen) atoms. The highest BCUT2D eigenvalue weighted by Crippen LogP contribution is 2.20. The Bertz CT molecular complexity index is 464. The van der Waals surface area contributed by atoms with Gasteiger partial charge in [0, 0.05) is 50.1 Å². The minimum atomic E-state index is 0.756. The fourth-order valence-electron chi connectivity index (χ4n) is 2.92. The topological polar surface area (TPSA) is 52.6 Å². The smallest absolute Gasteiger partial charge is 0.190 e. The lowest BCUT2D eigenvalue weighted by Gasteiger charge is -2.33. The number of guanidine groups is 1. The van der Waals surface area contributed by atoms with Crippen molar-refractivity contribution in [3.8, 4) is 0 Å². The second-order valence-corrected chi connectivity index (χ2v) is 8.40. The third kappa shape index (κ3) is 7.40. The molecule has 7 heteroatoms. The maximum Gasteiger partial charge on any atom is 0.190 e. The first-order valence-electron chi connectivity index (χ1n) is 9.00. The average molecular weight is 370 g/mol. The third-order valence-corrected chi connectivity index (χ3v) is 6.38. The summed E-state index contributed by atoms with van der Waals surface area (Å²) in [6.07, 6.45) is 8.26. The Labute approximate surface area is 154 Å². The standard InChI is InChI=1S/C17H31N5S2/c1-15-7-3-4-11-22(15)12-5-8-19-16(18-2)20-9-6-13-23-17-21-10-14-24-17/h10,14-15H,3-9,11-13H2,1-2H3,(H2,18,19,20). The molecule has 0 aromatic carbocycles. The van der Waals surface area contributed by atoms with Gasteiger partial charge in [-0.05, 0) is 39.2 Å². The molecule has 0 amide bonds. The summed E-state index contributed by atoms with van der Waals surface area (Å²) in [5.74, 6) is 2.01. The van der Waals surface area contributed by atoms with Gasteiger partial charge in [0.25, 0.3) is 0 Å². The molecule has 1 aliphatic heterocycles. The molecule has 2 rings (SSSR count). The van der Waals surface area contributed by atoms with Crippen LogP contribution in [-0.2, 0) is 0 Å². The van der Waals surface area contributed by atoms with Crippen molar-refractivity contribution >= 4 is 29.1 Å². The lowest BCUT2D eigenvalue weighted by Crippen LogP contribution is -2.41. The molecule has 1 aromatic heterocycles. The fraction of sp³-hybridized carbons (Fsp3) is 0.765. The molecule has 1 atom stereocenters. The van der Waals surface area contributed by atoms with E-state index in [4.69, 9.17) is 0 Å². The highest BCUT2D eigenvalue weighted by Gasteiger charge is 2.16. The zero-order valence-corrected chi connectivity index (χ0v) is 16.6. The van der Waals surface area contributed by atoms with Gasteiger partial charge in [0.15, 0.2) is 5.96 Å². The van der Waals surface area contributed by atoms with Crippen LogP contribution in [0.1, 0.15) is 39.0 Å². The van der Waals surface area contributed by atoms with E-state index in [0.29, 0.717) is 0 Å². The second kappa shape index (κ2) is 11.7. The van der Waals surface area contributed by atoms with E-state index in [1.54, 1.807) is 11.3 Å². The number of hydrogen-bond acceptors (Lipinski definition) is 5. The van der Waals surface area contributed by atoms with Crippen molar-refractivity contribution in [1.29, 1.82) is 0 Å². The number of hydrogen-bond donors (Lipinski definition) is 2. The molecule has 2 N–H and O–H groups in total. The van der Waals surface area contributed by atoms with Gasteiger partial charge in [-0.2, -0.15) is 0 Å². The molecule has 1 fully saturated rings. The van der Waals surface area contributed by atoms with E-state index in [0.717, 1.165) is 41.6 Å². The van der Waals surface area contributed by atoms with Crippen molar-refractivity contribution in [2.24, 2.45) is 4.99 Å². The summed E-state index contributed by atoms with van der Waals surface area (Å²) >= 11 is 3.53. The third-order valence-electron chi connectivity index (χ3n) is 4.33. The van der Waals surface area contributed by atoms with Crippen LogP contribution in [0.25, 0.3) is 0 Å². The molecular weight excluding hydrogens is 338 g/mol. The summed E-state index contributed by atoms with van der Waals surface area (Å²) in [5, 5.41) is 8.84. The maximum absolute atomic E-state index is 4.30. The zero-order valence-electron chi connectivity index (χ0n) is 15.0. The maximum atomic E-state index is 4.30. The summed E-state index contributed by atoms with van der Waals surface area (Å²) in [6, 6.07) is 0.756. The Kier molecular flexibility index (Phi) is 9.53. The predicted octanol–water partition coefficient (Wildman–Crippen LogP) is 3.05. The fourth-order valence-corrected chi connectivity index (χ4v) is 4.57. The molecule has 0 saturated carbocycles. The van der Waals surface area contributed by atoms with Crippen molar-refractivity contribution in [1.82, 2.24) is 20.5 Å². The van der Waals surface area contributed by atoms with Crippen molar-refractivity contribution < 1.29 is 0 Å². The second-order valence-electron chi connectivity index (χ2n) is 6.16. The normalized spacial score (nSPS) is 19.4. The lowest BCUT2D eigenvalue weighted by atomic mass is 10.0. The quantitative estimate of drug-likeness (QED) is 0.303. The molecule has 0 radical (unpaired) electrons. The molecule has 2 heterocycles. The van der Waals surface area contributed by atoms with E-state index in [-0.39, 0.29) is 0 Å². The molecular formula is C17H31N5S2. The van der Waals surface area contributed by atoms with Crippen LogP contribution in [0.5, 0.6) is 0 Å². The summed E-state index contributed by atoms with van der Waals surface area (Å²) in [5.41, 5.74) is 0. The number of aromatic nitrogens is 1. The number of piperidine rings is 1. The van der Waals surface area contributed by atoms with Gasteiger partial charge in [-0.3, -0.25) is 4.99 Å². The van der Waals surface area contributed by atoms with Crippen LogP contribution in [0.2, 0.25) is 0 Å². The van der Waals surface area contributed by atoms with E-state index >= 15 is 0 Å². The van der Waals surface area contributed by atoms with Crippen molar-refractivity contribution in [3.05, 3.63) is 11.6 Å². The molecule has 1 aromatic rings. The highest BCUT2D eigenvalue weighted by molar-refractivity contribution is 8.00. The summed E-state index contributed by atoms with van der Waals surface area (Å²) in [4.78, 5) is 11.2. The van der Waals surface area contributed by atoms with Gasteiger partial charge in [-0.1, -0.05) is 18.2 Å². The Morgan fingerprint density at radius 2 is 2.21 bits per heavy atom. The first-order valence-corrected chi connectivity index (χ1v) is 10.9. The Morgan fingerprint density at radius 1 is 1.38 bits per heavy atom. The lowest BCUT2D eigenvalue weighted by molar-refractivity contribution is 0.159. The highest BCUT2D eigenvalue weighted by atomic mass is 32.2. The summed E-state index contributed by atoms with van der Waals surface area (Å²) in [7, 11) is 1.84. The van der Waals surface area contributed by atoms with Gasteiger partial charge < -0.3 is 15.5 Å². The predicted molar refractivity (Wildman–Crippen MR) is 106 cm³/mol. The first kappa shape index (κ1) is 19.5. The molecule has 0 bridgehead atoms. The number of nitrogens with zero attached hydrogens (tertiary/aromatic N) is 3. The van der Waals surface area contributed by atoms with Crippen LogP contribution in [0.15, 0.2) is 20.9 Å². The van der Waals surface area contributed by atoms with E-state index in [2.05, 4.69) is 32.4 Å². The van der Waals surface area contributed by atoms with Crippen molar-refractivity contribution in [2.75, 3.05) is 39.0 Å². The monoisotopic (exact) mass is 369 g/mol. The molecule has 1 aliphatic rings. The van der Waals surface area contributed by atoms with Crippen LogP contribution in [0.4, 0.5) is 0 Å². The van der Waals surface area contributed by atoms with Crippen LogP contribution < -0.4 is 10.6 Å². The minimum Gasteiger partial charge on any atom is -0.356 e. The number of thiazole rings is 1. The molecule has 0 spiro atoms. The Hall–Kier alpha value is -0.790. The van der Waals surface area contributed by atoms with Crippen molar-refractivity contribution in [2.45, 2.75) is 49.4 Å². The van der Waals surface area contributed by atoms with Gasteiger partial charge in [0.05, 0.1) is 0 Å². The number of aliphatic imine (C=N–C) groups is 1. The number of thioether (sulfide) groups is 1. The minimum absolute atomic E-state index is 0.756. The van der Waals surface area contributed by atoms with Gasteiger partial charge in [0.1, 0.15) is 4.34 Å². The van der Waals surface area contributed by atoms with E-state index in [9.17, 15) is 0 Å².